The highest BCUT2D eigenvalue weighted by atomic mass is 16.8. The second kappa shape index (κ2) is 55.9. The van der Waals surface area contributed by atoms with E-state index < -0.39 is 155 Å². The van der Waals surface area contributed by atoms with Crippen LogP contribution in [0.3, 0.4) is 0 Å². The van der Waals surface area contributed by atoms with Crippen LogP contribution in [0.4, 0.5) is 0 Å². The molecule has 0 radical (unpaired) electrons. The van der Waals surface area contributed by atoms with Gasteiger partial charge in [0.2, 0.25) is 11.8 Å². The first-order valence-corrected chi connectivity index (χ1v) is 39.6. The van der Waals surface area contributed by atoms with Gasteiger partial charge in [0.05, 0.1) is 50.7 Å². The molecule has 0 aromatic carbocycles. The molecule has 582 valence electrons. The van der Waals surface area contributed by atoms with Gasteiger partial charge in [-0.05, 0) is 19.3 Å². The maximum absolute atomic E-state index is 13.5. The van der Waals surface area contributed by atoms with Gasteiger partial charge in [-0.3, -0.25) is 9.59 Å². The highest BCUT2D eigenvalue weighted by molar-refractivity contribution is 5.77. The molecule has 99 heavy (non-hydrogen) atoms. The van der Waals surface area contributed by atoms with Crippen LogP contribution in [-0.2, 0) is 42.8 Å². The van der Waals surface area contributed by atoms with Gasteiger partial charge in [-0.2, -0.15) is 0 Å². The van der Waals surface area contributed by atoms with Gasteiger partial charge in [0, 0.05) is 19.8 Å². The molecule has 3 heterocycles. The number of rotatable bonds is 62. The zero-order valence-corrected chi connectivity index (χ0v) is 61.4. The molecule has 0 spiro atoms. The summed E-state index contributed by atoms with van der Waals surface area (Å²) in [7, 11) is 0. The van der Waals surface area contributed by atoms with E-state index in [9.17, 15) is 75.7 Å². The Morgan fingerprint density at radius 3 is 1.34 bits per heavy atom. The summed E-state index contributed by atoms with van der Waals surface area (Å²) in [6.07, 6.45) is 30.0. The molecule has 3 aliphatic rings. The molecule has 3 fully saturated rings. The van der Waals surface area contributed by atoms with Gasteiger partial charge in [0.15, 0.2) is 12.6 Å². The molecule has 0 aliphatic carbocycles. The molecule has 18 atom stereocenters. The van der Waals surface area contributed by atoms with Crippen molar-refractivity contribution in [1.29, 1.82) is 0 Å². The lowest BCUT2D eigenvalue weighted by Gasteiger charge is -2.50. The molecule has 3 aliphatic heterocycles. The number of hydrogen-bond acceptors (Lipinski definition) is 20. The van der Waals surface area contributed by atoms with E-state index in [1.54, 1.807) is 6.08 Å². The number of allylic oxidation sites excluding steroid dienone is 1. The highest BCUT2D eigenvalue weighted by Gasteiger charge is 2.60. The van der Waals surface area contributed by atoms with Crippen LogP contribution >= 0.6 is 0 Å². The molecule has 23 heteroatoms. The van der Waals surface area contributed by atoms with Crippen LogP contribution in [0.2, 0.25) is 0 Å². The smallest absolute Gasteiger partial charge is 0.364 e. The van der Waals surface area contributed by atoms with Crippen molar-refractivity contribution >= 4 is 17.8 Å². The molecule has 2 amide bonds. The van der Waals surface area contributed by atoms with Crippen LogP contribution in [-0.4, -0.2) is 215 Å². The van der Waals surface area contributed by atoms with E-state index in [2.05, 4.69) is 24.5 Å². The van der Waals surface area contributed by atoms with E-state index >= 15 is 0 Å². The molecule has 18 unspecified atom stereocenters. The third kappa shape index (κ3) is 36.8. The number of carbonyl (C=O) groups excluding carboxylic acids is 2. The first kappa shape index (κ1) is 90.7. The Labute approximate surface area is 594 Å². The van der Waals surface area contributed by atoms with Crippen molar-refractivity contribution in [3.8, 4) is 0 Å². The van der Waals surface area contributed by atoms with Crippen molar-refractivity contribution in [2.45, 2.75) is 426 Å². The van der Waals surface area contributed by atoms with Crippen LogP contribution in [0.5, 0.6) is 0 Å². The van der Waals surface area contributed by atoms with Crippen LogP contribution in [0, 0.1) is 0 Å². The maximum Gasteiger partial charge on any atom is 0.364 e. The standard InChI is InChI=1S/C76H142N2O21/c1-4-6-8-10-12-14-16-18-19-20-21-22-23-24-25-26-27-28-29-30-31-32-33-34-35-36-38-40-42-44-46-48-50-63(86)78-57(58(83)49-47-45-43-41-39-37-17-15-13-11-9-7-5-2)55-94-73-68(90)67(89)70(62(54-81)96-73)97-74-69(91)72(66(88)61(53-80)95-74)99-76(75(92)93)51-59(84)64(77-56(3)82)71(98-76)65(87)60(85)52-79/h47,49,57-62,64-74,79-81,83-85,87-91H,4-46,48,50-55H2,1-3H3,(H,77,82)(H,78,86)(H,92,93)/b49-47+. The van der Waals surface area contributed by atoms with Crippen LogP contribution < -0.4 is 10.6 Å². The van der Waals surface area contributed by atoms with Gasteiger partial charge in [0.25, 0.3) is 5.79 Å². The van der Waals surface area contributed by atoms with Gasteiger partial charge in [0.1, 0.15) is 67.1 Å². The minimum absolute atomic E-state index is 0.205. The first-order chi connectivity index (χ1) is 47.9. The van der Waals surface area contributed by atoms with Gasteiger partial charge in [-0.25, -0.2) is 4.79 Å². The molecule has 14 N–H and O–H groups in total. The number of aliphatic hydroxyl groups excluding tert-OH is 11. The number of ether oxygens (including phenoxy) is 6. The van der Waals surface area contributed by atoms with E-state index in [0.717, 1.165) is 51.9 Å². The van der Waals surface area contributed by atoms with Gasteiger partial charge in [-0.1, -0.05) is 289 Å². The second-order valence-electron chi connectivity index (χ2n) is 28.9. The van der Waals surface area contributed by atoms with E-state index in [1.165, 1.54) is 225 Å². The zero-order valence-electron chi connectivity index (χ0n) is 61.4. The molecule has 23 nitrogen and oxygen atoms in total. The Balaban J connectivity index is 1.45. The first-order valence-electron chi connectivity index (χ1n) is 39.6. The number of aliphatic hydroxyl groups is 11. The monoisotopic (exact) mass is 1420 g/mol. The third-order valence-corrected chi connectivity index (χ3v) is 20.2. The van der Waals surface area contributed by atoms with Gasteiger partial charge < -0.3 is 100 Å². The summed E-state index contributed by atoms with van der Waals surface area (Å²) >= 11 is 0. The Morgan fingerprint density at radius 2 is 0.939 bits per heavy atom. The summed E-state index contributed by atoms with van der Waals surface area (Å²) in [5, 5.41) is 136. The topological polar surface area (TPSA) is 373 Å². The van der Waals surface area contributed by atoms with Crippen molar-refractivity contribution in [3.63, 3.8) is 0 Å². The van der Waals surface area contributed by atoms with E-state index in [-0.39, 0.29) is 12.3 Å². The molecule has 3 rings (SSSR count). The average molecular weight is 1420 g/mol. The average Bonchev–Trinajstić information content (AvgIpc) is 0.764. The predicted octanol–water partition coefficient (Wildman–Crippen LogP) is 9.80. The number of amides is 2. The quantitative estimate of drug-likeness (QED) is 0.0199. The Bertz CT molecular complexity index is 2030. The zero-order chi connectivity index (χ0) is 72.5. The molecule has 0 aromatic heterocycles. The fraction of sp³-hybridized carbons (Fsp3) is 0.934. The van der Waals surface area contributed by atoms with Gasteiger partial charge >= 0.3 is 5.97 Å². The number of hydrogen-bond donors (Lipinski definition) is 14. The molecular weight excluding hydrogens is 1280 g/mol. The van der Waals surface area contributed by atoms with Gasteiger partial charge in [-0.15, -0.1) is 0 Å². The SMILES string of the molecule is CCCCCCCCCCCCC/C=C/C(O)C(COC1OC(CO)C(OC2OC(CO)C(O)C(OC3(C(=O)O)CC(O)C(NC(C)=O)C(C(O)C(O)CO)O3)C2O)C(O)C1O)NC(=O)CCCCCCCCCCCCCCCCCCCCCCCCCCCCCCCCCC. The number of carboxylic acid groups (broad SMARTS) is 1. The third-order valence-electron chi connectivity index (χ3n) is 20.2. The Hall–Kier alpha value is -2.53. The molecular formula is C76H142N2O21. The van der Waals surface area contributed by atoms with E-state index in [0.29, 0.717) is 12.8 Å². The second-order valence-corrected chi connectivity index (χ2v) is 28.9. The van der Waals surface area contributed by atoms with Crippen LogP contribution in [0.25, 0.3) is 0 Å². The fourth-order valence-electron chi connectivity index (χ4n) is 13.9. The summed E-state index contributed by atoms with van der Waals surface area (Å²) in [5.74, 6) is -6.13. The summed E-state index contributed by atoms with van der Waals surface area (Å²) in [5.41, 5.74) is 0. The van der Waals surface area contributed by atoms with Crippen molar-refractivity contribution in [2.75, 3.05) is 26.4 Å². The Morgan fingerprint density at radius 1 is 0.525 bits per heavy atom. The van der Waals surface area contributed by atoms with E-state index in [4.69, 9.17) is 28.4 Å². The minimum atomic E-state index is -3.08. The lowest BCUT2D eigenvalue weighted by Crippen LogP contribution is -2.70. The fourth-order valence-corrected chi connectivity index (χ4v) is 13.9. The number of nitrogens with one attached hydrogen (secondary N) is 2. The van der Waals surface area contributed by atoms with Crippen molar-refractivity contribution in [1.82, 2.24) is 10.6 Å². The molecule has 3 saturated heterocycles. The lowest BCUT2D eigenvalue weighted by atomic mass is 9.88. The summed E-state index contributed by atoms with van der Waals surface area (Å²) in [6, 6.07) is -2.61. The largest absolute Gasteiger partial charge is 0.477 e. The normalized spacial score (nSPS) is 27.1. The predicted molar refractivity (Wildman–Crippen MR) is 380 cm³/mol. The van der Waals surface area contributed by atoms with Crippen LogP contribution in [0.15, 0.2) is 12.2 Å². The maximum atomic E-state index is 13.5. The molecule has 0 bridgehead atoms. The number of carbonyl (C=O) groups is 3. The van der Waals surface area contributed by atoms with Crippen molar-refractivity contribution in [3.05, 3.63) is 12.2 Å². The van der Waals surface area contributed by atoms with Crippen molar-refractivity contribution in [2.24, 2.45) is 0 Å². The Kier molecular flexibility index (Phi) is 51.2. The molecule has 0 saturated carbocycles. The number of aliphatic carboxylic acids is 1. The lowest BCUT2D eigenvalue weighted by molar-refractivity contribution is -0.386. The minimum Gasteiger partial charge on any atom is -0.477 e. The molecule has 0 aromatic rings. The van der Waals surface area contributed by atoms with E-state index in [1.807, 2.05) is 6.08 Å². The number of unbranched alkanes of at least 4 members (excludes halogenated alkanes) is 42. The number of carboxylic acids is 1. The van der Waals surface area contributed by atoms with Crippen LogP contribution in [0.1, 0.15) is 316 Å². The summed E-state index contributed by atoms with van der Waals surface area (Å²) < 4.78 is 34.8. The summed E-state index contributed by atoms with van der Waals surface area (Å²) in [6.45, 7) is 2.16. The summed E-state index contributed by atoms with van der Waals surface area (Å²) in [4.78, 5) is 38.6. The van der Waals surface area contributed by atoms with Crippen molar-refractivity contribution < 1.29 is 104 Å². The highest BCUT2D eigenvalue weighted by Crippen LogP contribution is 2.39.